The Morgan fingerprint density at radius 2 is 1.76 bits per heavy atom. The molecule has 134 valence electrons. The molecule has 0 aliphatic heterocycles. The molecule has 0 saturated heterocycles. The molecule has 0 fully saturated rings. The van der Waals surface area contributed by atoms with Gasteiger partial charge in [-0.3, -0.25) is 4.79 Å². The second kappa shape index (κ2) is 9.23. The average molecular weight is 340 g/mol. The highest BCUT2D eigenvalue weighted by molar-refractivity contribution is 5.85. The van der Waals surface area contributed by atoms with Gasteiger partial charge in [0.05, 0.1) is 5.54 Å². The van der Waals surface area contributed by atoms with Crippen molar-refractivity contribution < 1.29 is 9.53 Å². The molecule has 0 heterocycles. The maximum absolute atomic E-state index is 12.1. The van der Waals surface area contributed by atoms with Gasteiger partial charge in [-0.1, -0.05) is 55.8 Å². The summed E-state index contributed by atoms with van der Waals surface area (Å²) in [6.45, 7) is 4.95. The number of nitrogens with two attached hydrogens (primary N) is 1. The first-order valence-corrected chi connectivity index (χ1v) is 8.84. The number of benzene rings is 2. The van der Waals surface area contributed by atoms with Gasteiger partial charge in [0.15, 0.2) is 0 Å². The van der Waals surface area contributed by atoms with Crippen LogP contribution in [0.2, 0.25) is 0 Å². The third-order valence-corrected chi connectivity index (χ3v) is 4.16. The molecule has 0 aromatic heterocycles. The van der Waals surface area contributed by atoms with Crippen LogP contribution in [0.15, 0.2) is 54.6 Å². The van der Waals surface area contributed by atoms with Crippen molar-refractivity contribution in [1.82, 2.24) is 5.32 Å². The van der Waals surface area contributed by atoms with Crippen LogP contribution < -0.4 is 15.8 Å². The van der Waals surface area contributed by atoms with Gasteiger partial charge < -0.3 is 15.8 Å². The molecule has 0 aliphatic carbocycles. The summed E-state index contributed by atoms with van der Waals surface area (Å²) < 4.78 is 5.78. The van der Waals surface area contributed by atoms with Crippen molar-refractivity contribution in [1.29, 1.82) is 0 Å². The summed E-state index contributed by atoms with van der Waals surface area (Å²) in [6.07, 6.45) is 2.35. The van der Waals surface area contributed by atoms with Crippen LogP contribution >= 0.6 is 0 Å². The van der Waals surface area contributed by atoms with Crippen molar-refractivity contribution >= 4 is 5.91 Å². The average Bonchev–Trinajstić information content (AvgIpc) is 2.62. The number of rotatable bonds is 9. The Labute approximate surface area is 150 Å². The summed E-state index contributed by atoms with van der Waals surface area (Å²) in [7, 11) is 0. The molecule has 1 unspecified atom stereocenters. The lowest BCUT2D eigenvalue weighted by Crippen LogP contribution is -2.51. The Hall–Kier alpha value is -2.33. The van der Waals surface area contributed by atoms with E-state index in [0.29, 0.717) is 19.6 Å². The van der Waals surface area contributed by atoms with E-state index >= 15 is 0 Å². The highest BCUT2D eigenvalue weighted by Gasteiger charge is 2.26. The first kappa shape index (κ1) is 19.0. The Bertz CT molecular complexity index is 651. The predicted octanol–water partition coefficient (Wildman–Crippen LogP) is 3.44. The Morgan fingerprint density at radius 3 is 2.40 bits per heavy atom. The third kappa shape index (κ3) is 6.24. The van der Waals surface area contributed by atoms with Crippen molar-refractivity contribution in [2.24, 2.45) is 5.73 Å². The van der Waals surface area contributed by atoms with Gasteiger partial charge in [-0.15, -0.1) is 0 Å². The van der Waals surface area contributed by atoms with Gasteiger partial charge in [-0.25, -0.2) is 0 Å². The van der Waals surface area contributed by atoms with E-state index < -0.39 is 5.54 Å². The number of carbonyl (C=O) groups excluding carboxylic acids is 1. The minimum atomic E-state index is -0.788. The number of nitrogens with one attached hydrogen (secondary N) is 1. The quantitative estimate of drug-likeness (QED) is 0.735. The molecule has 0 spiro atoms. The topological polar surface area (TPSA) is 64.4 Å². The largest absolute Gasteiger partial charge is 0.489 e. The molecule has 25 heavy (non-hydrogen) atoms. The minimum Gasteiger partial charge on any atom is -0.489 e. The smallest absolute Gasteiger partial charge is 0.239 e. The zero-order valence-corrected chi connectivity index (χ0v) is 15.1. The first-order chi connectivity index (χ1) is 12.0. The predicted molar refractivity (Wildman–Crippen MR) is 101 cm³/mol. The maximum Gasteiger partial charge on any atom is 0.239 e. The van der Waals surface area contributed by atoms with Crippen LogP contribution in [0.25, 0.3) is 0 Å². The number of amides is 1. The minimum absolute atomic E-state index is 0.0860. The van der Waals surface area contributed by atoms with Gasteiger partial charge in [0, 0.05) is 6.54 Å². The first-order valence-electron chi connectivity index (χ1n) is 8.84. The van der Waals surface area contributed by atoms with Gasteiger partial charge in [0.25, 0.3) is 0 Å². The van der Waals surface area contributed by atoms with E-state index in [1.807, 2.05) is 61.5 Å². The molecular weight excluding hydrogens is 312 g/mol. The van der Waals surface area contributed by atoms with Crippen LogP contribution in [0.1, 0.15) is 37.8 Å². The standard InChI is InChI=1S/C21H28N2O2/c1-3-14-21(2,22)20(24)23-15-13-17-9-11-19(12-10-17)25-16-18-7-5-4-6-8-18/h4-12H,3,13-16,22H2,1-2H3,(H,23,24). The van der Waals surface area contributed by atoms with E-state index in [2.05, 4.69) is 5.32 Å². The summed E-state index contributed by atoms with van der Waals surface area (Å²) in [4.78, 5) is 12.1. The fraction of sp³-hybridized carbons (Fsp3) is 0.381. The van der Waals surface area contributed by atoms with E-state index in [0.717, 1.165) is 29.7 Å². The highest BCUT2D eigenvalue weighted by Crippen LogP contribution is 2.15. The lowest BCUT2D eigenvalue weighted by molar-refractivity contribution is -0.126. The molecule has 0 saturated carbocycles. The summed E-state index contributed by atoms with van der Waals surface area (Å²) in [5, 5.41) is 2.92. The third-order valence-electron chi connectivity index (χ3n) is 4.16. The highest BCUT2D eigenvalue weighted by atomic mass is 16.5. The van der Waals surface area contributed by atoms with Gasteiger partial charge >= 0.3 is 0 Å². The van der Waals surface area contributed by atoms with Crippen LogP contribution in [-0.2, 0) is 17.8 Å². The zero-order chi connectivity index (χ0) is 18.1. The normalized spacial score (nSPS) is 13.1. The van der Waals surface area contributed by atoms with Crippen molar-refractivity contribution in [2.75, 3.05) is 6.54 Å². The fourth-order valence-corrected chi connectivity index (χ4v) is 2.65. The molecule has 1 amide bonds. The molecule has 0 radical (unpaired) electrons. The lowest BCUT2D eigenvalue weighted by Gasteiger charge is -2.22. The Balaban J connectivity index is 1.76. The summed E-state index contributed by atoms with van der Waals surface area (Å²) in [5.74, 6) is 0.756. The van der Waals surface area contributed by atoms with Crippen molar-refractivity contribution in [2.45, 2.75) is 45.3 Å². The van der Waals surface area contributed by atoms with Crippen LogP contribution in [0, 0.1) is 0 Å². The second-order valence-electron chi connectivity index (χ2n) is 6.59. The van der Waals surface area contributed by atoms with E-state index in [1.165, 1.54) is 0 Å². The summed E-state index contributed by atoms with van der Waals surface area (Å²) in [6, 6.07) is 18.1. The molecule has 0 bridgehead atoms. The molecule has 2 aromatic carbocycles. The van der Waals surface area contributed by atoms with Crippen LogP contribution in [0.4, 0.5) is 0 Å². The van der Waals surface area contributed by atoms with Crippen LogP contribution in [0.5, 0.6) is 5.75 Å². The fourth-order valence-electron chi connectivity index (χ4n) is 2.65. The van der Waals surface area contributed by atoms with E-state index in [1.54, 1.807) is 6.92 Å². The number of carbonyl (C=O) groups is 1. The molecule has 4 heteroatoms. The number of hydrogen-bond acceptors (Lipinski definition) is 3. The summed E-state index contributed by atoms with van der Waals surface area (Å²) in [5.41, 5.74) is 7.53. The summed E-state index contributed by atoms with van der Waals surface area (Å²) >= 11 is 0. The van der Waals surface area contributed by atoms with Gasteiger partial charge in [0.2, 0.25) is 5.91 Å². The molecule has 0 aliphatic rings. The van der Waals surface area contributed by atoms with Crippen molar-refractivity contribution in [3.8, 4) is 5.75 Å². The van der Waals surface area contributed by atoms with Crippen LogP contribution in [-0.4, -0.2) is 18.0 Å². The molecule has 2 aromatic rings. The lowest BCUT2D eigenvalue weighted by atomic mass is 9.96. The molecule has 1 atom stereocenters. The molecule has 2 rings (SSSR count). The molecule has 3 N–H and O–H groups in total. The van der Waals surface area contributed by atoms with E-state index in [4.69, 9.17) is 10.5 Å². The molecular formula is C21H28N2O2. The SMILES string of the molecule is CCCC(C)(N)C(=O)NCCc1ccc(OCc2ccccc2)cc1. The number of ether oxygens (including phenoxy) is 1. The zero-order valence-electron chi connectivity index (χ0n) is 15.1. The van der Waals surface area contributed by atoms with Crippen LogP contribution in [0.3, 0.4) is 0 Å². The van der Waals surface area contributed by atoms with Gasteiger partial charge in [-0.05, 0) is 43.0 Å². The van der Waals surface area contributed by atoms with Crippen molar-refractivity contribution in [3.63, 3.8) is 0 Å². The monoisotopic (exact) mass is 340 g/mol. The Kier molecular flexibility index (Phi) is 7.02. The van der Waals surface area contributed by atoms with E-state index in [9.17, 15) is 4.79 Å². The van der Waals surface area contributed by atoms with Crippen molar-refractivity contribution in [3.05, 3.63) is 65.7 Å². The molecule has 4 nitrogen and oxygen atoms in total. The number of hydrogen-bond donors (Lipinski definition) is 2. The van der Waals surface area contributed by atoms with Gasteiger partial charge in [0.1, 0.15) is 12.4 Å². The second-order valence-corrected chi connectivity index (χ2v) is 6.59. The maximum atomic E-state index is 12.1. The van der Waals surface area contributed by atoms with E-state index in [-0.39, 0.29) is 5.91 Å². The Morgan fingerprint density at radius 1 is 1.08 bits per heavy atom. The van der Waals surface area contributed by atoms with Gasteiger partial charge in [-0.2, -0.15) is 0 Å².